The molecule has 0 fully saturated rings. The number of fused-ring (bicyclic) bond motifs is 1. The zero-order chi connectivity index (χ0) is 11.3. The molecule has 0 aromatic heterocycles. The summed E-state index contributed by atoms with van der Waals surface area (Å²) in [4.78, 5) is 0. The second-order valence-corrected chi connectivity index (χ2v) is 8.63. The van der Waals surface area contributed by atoms with Gasteiger partial charge in [0.15, 0.2) is 7.14 Å². The van der Waals surface area contributed by atoms with Gasteiger partial charge in [0.25, 0.3) is 0 Å². The Labute approximate surface area is 91.8 Å². The molecule has 0 radical (unpaired) electrons. The van der Waals surface area contributed by atoms with Crippen LogP contribution in [0, 0.1) is 0 Å². The Hall–Kier alpha value is -0.685. The van der Waals surface area contributed by atoms with Crippen molar-refractivity contribution in [2.75, 3.05) is 6.35 Å². The van der Waals surface area contributed by atoms with E-state index in [1.165, 1.54) is 0 Å². The summed E-state index contributed by atoms with van der Waals surface area (Å²) in [6, 6.07) is 5.87. The highest BCUT2D eigenvalue weighted by Crippen LogP contribution is 2.60. The fourth-order valence-corrected chi connectivity index (χ4v) is 4.61. The van der Waals surface area contributed by atoms with E-state index in [4.69, 9.17) is 4.74 Å². The molecule has 4 heteroatoms. The van der Waals surface area contributed by atoms with Crippen LogP contribution >= 0.6 is 7.14 Å². The van der Waals surface area contributed by atoms with Gasteiger partial charge in [0, 0.05) is 5.16 Å². The molecule has 1 aromatic rings. The third-order valence-electron chi connectivity index (χ3n) is 3.05. The Morgan fingerprint density at radius 2 is 2.07 bits per heavy atom. The zero-order valence-electron chi connectivity index (χ0n) is 9.70. The van der Waals surface area contributed by atoms with Crippen molar-refractivity contribution in [3.63, 3.8) is 0 Å². The molecule has 0 amide bonds. The molecule has 0 N–H and O–H groups in total. The first-order valence-electron chi connectivity index (χ1n) is 5.18. The summed E-state index contributed by atoms with van der Waals surface area (Å²) in [6.07, 6.45) is 0.358. The Morgan fingerprint density at radius 3 is 2.67 bits per heavy atom. The molecule has 0 saturated heterocycles. The number of hydrogen-bond donors (Lipinski definition) is 0. The van der Waals surface area contributed by atoms with Gasteiger partial charge < -0.3 is 9.30 Å². The van der Waals surface area contributed by atoms with Crippen molar-refractivity contribution in [2.45, 2.75) is 25.9 Å². The smallest absolute Gasteiger partial charge is 0.159 e. The first kappa shape index (κ1) is 10.8. The van der Waals surface area contributed by atoms with E-state index in [0.717, 1.165) is 16.5 Å². The molecular weight excluding hydrogens is 206 g/mol. The first-order valence-corrected chi connectivity index (χ1v) is 7.07. The standard InChI is InChI=1S/C11H16BO2P/c1-11(2,3)15(13)7-14-9-6-4-5-8(12)10(9)15/h4-6H,7,12H2,1-3H3/t15-/m1/s1. The van der Waals surface area contributed by atoms with E-state index < -0.39 is 7.14 Å². The van der Waals surface area contributed by atoms with Crippen LogP contribution in [-0.4, -0.2) is 19.4 Å². The number of rotatable bonds is 0. The molecule has 2 nitrogen and oxygen atoms in total. The molecule has 2 rings (SSSR count). The molecule has 15 heavy (non-hydrogen) atoms. The lowest BCUT2D eigenvalue weighted by Gasteiger charge is -2.27. The van der Waals surface area contributed by atoms with Gasteiger partial charge in [-0.2, -0.15) is 0 Å². The van der Waals surface area contributed by atoms with Crippen molar-refractivity contribution in [2.24, 2.45) is 0 Å². The molecule has 0 saturated carbocycles. The second-order valence-electron chi connectivity index (χ2n) is 5.11. The van der Waals surface area contributed by atoms with E-state index in [2.05, 4.69) is 0 Å². The second kappa shape index (κ2) is 3.15. The minimum atomic E-state index is -2.40. The van der Waals surface area contributed by atoms with Crippen LogP contribution in [0.15, 0.2) is 18.2 Å². The summed E-state index contributed by atoms with van der Waals surface area (Å²) >= 11 is 0. The summed E-state index contributed by atoms with van der Waals surface area (Å²) in [5.41, 5.74) is 1.09. The quantitative estimate of drug-likeness (QED) is 0.485. The monoisotopic (exact) mass is 222 g/mol. The minimum absolute atomic E-state index is 0.218. The van der Waals surface area contributed by atoms with Crippen molar-refractivity contribution < 1.29 is 9.30 Å². The molecular formula is C11H16BO2P. The lowest BCUT2D eigenvalue weighted by molar-refractivity contribution is 0.389. The third kappa shape index (κ3) is 1.45. The van der Waals surface area contributed by atoms with E-state index in [0.29, 0.717) is 6.35 Å². The largest absolute Gasteiger partial charge is 0.485 e. The fraction of sp³-hybridized carbons (Fsp3) is 0.455. The Bertz CT molecular complexity index is 448. The van der Waals surface area contributed by atoms with Gasteiger partial charge in [-0.25, -0.2) is 0 Å². The van der Waals surface area contributed by atoms with Crippen molar-refractivity contribution >= 4 is 25.8 Å². The molecule has 80 valence electrons. The molecule has 0 bridgehead atoms. The van der Waals surface area contributed by atoms with Crippen molar-refractivity contribution in [3.8, 4) is 5.75 Å². The number of benzene rings is 1. The van der Waals surface area contributed by atoms with Gasteiger partial charge in [0.1, 0.15) is 19.9 Å². The number of ether oxygens (including phenoxy) is 1. The van der Waals surface area contributed by atoms with Crippen LogP contribution < -0.4 is 15.5 Å². The molecule has 0 aliphatic carbocycles. The van der Waals surface area contributed by atoms with Crippen LogP contribution in [0.4, 0.5) is 0 Å². The first-order chi connectivity index (χ1) is 6.86. The molecule has 1 aliphatic heterocycles. The zero-order valence-corrected chi connectivity index (χ0v) is 10.6. The summed E-state index contributed by atoms with van der Waals surface area (Å²) in [6.45, 7) is 6.08. The molecule has 1 heterocycles. The van der Waals surface area contributed by atoms with Crippen molar-refractivity contribution in [3.05, 3.63) is 18.2 Å². The highest BCUT2D eigenvalue weighted by Gasteiger charge is 2.45. The molecule has 1 aromatic carbocycles. The molecule has 0 unspecified atom stereocenters. The van der Waals surface area contributed by atoms with Gasteiger partial charge in [-0.3, -0.25) is 0 Å². The van der Waals surface area contributed by atoms with Gasteiger partial charge in [-0.15, -0.1) is 0 Å². The van der Waals surface area contributed by atoms with Crippen LogP contribution in [0.25, 0.3) is 0 Å². The summed E-state index contributed by atoms with van der Waals surface area (Å²) in [7, 11) is -0.398. The van der Waals surface area contributed by atoms with E-state index >= 15 is 0 Å². The summed E-state index contributed by atoms with van der Waals surface area (Å²) in [5, 5.41) is 0.738. The lowest BCUT2D eigenvalue weighted by Crippen LogP contribution is -2.30. The van der Waals surface area contributed by atoms with Crippen LogP contribution in [0.2, 0.25) is 0 Å². The maximum Gasteiger partial charge on any atom is 0.159 e. The van der Waals surface area contributed by atoms with E-state index in [1.807, 2.05) is 46.8 Å². The predicted octanol–water partition coefficient (Wildman–Crippen LogP) is 1.08. The summed E-state index contributed by atoms with van der Waals surface area (Å²) in [5.74, 6) is 0.813. The fourth-order valence-electron chi connectivity index (χ4n) is 1.97. The SMILES string of the molecule is Bc1cccc2c1[P@@](=O)(C(C)(C)C)CO2. The van der Waals surface area contributed by atoms with Crippen LogP contribution in [0.3, 0.4) is 0 Å². The average Bonchev–Trinajstić information content (AvgIpc) is 2.45. The topological polar surface area (TPSA) is 26.3 Å². The van der Waals surface area contributed by atoms with E-state index in [9.17, 15) is 4.57 Å². The molecule has 1 aliphatic rings. The Kier molecular flexibility index (Phi) is 2.27. The maximum absolute atomic E-state index is 13.0. The molecule has 1 atom stereocenters. The van der Waals surface area contributed by atoms with Gasteiger partial charge in [0.2, 0.25) is 0 Å². The Balaban J connectivity index is 2.68. The normalized spacial score (nSPS) is 24.7. The van der Waals surface area contributed by atoms with Gasteiger partial charge >= 0.3 is 0 Å². The predicted molar refractivity (Wildman–Crippen MR) is 67.1 cm³/mol. The highest BCUT2D eigenvalue weighted by atomic mass is 31.2. The van der Waals surface area contributed by atoms with Crippen molar-refractivity contribution in [1.82, 2.24) is 0 Å². The van der Waals surface area contributed by atoms with Crippen molar-refractivity contribution in [1.29, 1.82) is 0 Å². The van der Waals surface area contributed by atoms with E-state index in [-0.39, 0.29) is 5.16 Å². The van der Waals surface area contributed by atoms with Crippen LogP contribution in [0.5, 0.6) is 5.75 Å². The van der Waals surface area contributed by atoms with Gasteiger partial charge in [-0.1, -0.05) is 38.4 Å². The lowest BCUT2D eigenvalue weighted by atomic mass is 9.96. The van der Waals surface area contributed by atoms with E-state index in [1.54, 1.807) is 0 Å². The highest BCUT2D eigenvalue weighted by molar-refractivity contribution is 7.73. The Morgan fingerprint density at radius 1 is 1.40 bits per heavy atom. The third-order valence-corrected chi connectivity index (χ3v) is 7.00. The summed E-state index contributed by atoms with van der Waals surface area (Å²) < 4.78 is 18.5. The van der Waals surface area contributed by atoms with Crippen LogP contribution in [0.1, 0.15) is 20.8 Å². The average molecular weight is 222 g/mol. The van der Waals surface area contributed by atoms with Gasteiger partial charge in [0.05, 0.1) is 5.30 Å². The number of hydrogen-bond acceptors (Lipinski definition) is 2. The minimum Gasteiger partial charge on any atom is -0.485 e. The maximum atomic E-state index is 13.0. The van der Waals surface area contributed by atoms with Crippen LogP contribution in [-0.2, 0) is 4.57 Å². The van der Waals surface area contributed by atoms with Gasteiger partial charge in [-0.05, 0) is 6.07 Å². The molecule has 0 spiro atoms.